The number of aliphatic carboxylic acids is 1. The molecule has 84 valence electrons. The van der Waals surface area contributed by atoms with Crippen LogP contribution in [-0.2, 0) is 13.9 Å². The van der Waals surface area contributed by atoms with Crippen molar-refractivity contribution in [2.45, 2.75) is 25.4 Å². The molecule has 0 unspecified atom stereocenters. The standard InChI is InChI=1S/C6H13O7P/c1-6(9,4-5(7)8)2-3-13-14(10,11)12/h9H,2-4H2,1H3,(H,7,8)(H2,10,11,12)/t6-/m0/s1. The maximum atomic E-state index is 10.2. The summed E-state index contributed by atoms with van der Waals surface area (Å²) in [5.74, 6) is -1.19. The van der Waals surface area contributed by atoms with E-state index >= 15 is 0 Å². The summed E-state index contributed by atoms with van der Waals surface area (Å²) in [5.41, 5.74) is -1.53. The predicted molar refractivity (Wildman–Crippen MR) is 45.5 cm³/mol. The molecule has 0 aromatic rings. The van der Waals surface area contributed by atoms with Crippen LogP contribution in [0.25, 0.3) is 0 Å². The maximum Gasteiger partial charge on any atom is 0.469 e. The normalized spacial score (nSPS) is 16.3. The van der Waals surface area contributed by atoms with Crippen molar-refractivity contribution in [3.63, 3.8) is 0 Å². The summed E-state index contributed by atoms with van der Waals surface area (Å²) in [6.45, 7) is 0.856. The summed E-state index contributed by atoms with van der Waals surface area (Å²) in [4.78, 5) is 26.8. The molecule has 0 bridgehead atoms. The van der Waals surface area contributed by atoms with Gasteiger partial charge in [0.1, 0.15) is 0 Å². The van der Waals surface area contributed by atoms with E-state index in [1.54, 1.807) is 0 Å². The molecule has 4 N–H and O–H groups in total. The van der Waals surface area contributed by atoms with Crippen molar-refractivity contribution >= 4 is 13.8 Å². The molecule has 0 aliphatic carbocycles. The lowest BCUT2D eigenvalue weighted by Gasteiger charge is -2.20. The van der Waals surface area contributed by atoms with Gasteiger partial charge < -0.3 is 20.0 Å². The summed E-state index contributed by atoms with van der Waals surface area (Å²) in [5, 5.41) is 17.7. The smallest absolute Gasteiger partial charge is 0.469 e. The molecule has 0 heterocycles. The highest BCUT2D eigenvalue weighted by molar-refractivity contribution is 7.46. The highest BCUT2D eigenvalue weighted by atomic mass is 31.2. The van der Waals surface area contributed by atoms with Crippen LogP contribution in [0.2, 0.25) is 0 Å². The van der Waals surface area contributed by atoms with Gasteiger partial charge in [-0.25, -0.2) is 4.57 Å². The molecule has 0 saturated heterocycles. The zero-order valence-electron chi connectivity index (χ0n) is 7.58. The molecule has 1 atom stereocenters. The van der Waals surface area contributed by atoms with Gasteiger partial charge in [-0.2, -0.15) is 0 Å². The van der Waals surface area contributed by atoms with Crippen LogP contribution in [0.4, 0.5) is 0 Å². The van der Waals surface area contributed by atoms with Crippen LogP contribution in [0.1, 0.15) is 19.8 Å². The van der Waals surface area contributed by atoms with Crippen LogP contribution >= 0.6 is 7.82 Å². The molecule has 0 spiro atoms. The molecule has 0 aromatic heterocycles. The average Bonchev–Trinajstić information content (AvgIpc) is 1.78. The molecular formula is C6H13O7P. The Morgan fingerprint density at radius 2 is 2.00 bits per heavy atom. The fraction of sp³-hybridized carbons (Fsp3) is 0.833. The van der Waals surface area contributed by atoms with E-state index in [1.165, 1.54) is 6.92 Å². The van der Waals surface area contributed by atoms with Gasteiger partial charge >= 0.3 is 13.8 Å². The third-order valence-corrected chi connectivity index (χ3v) is 1.95. The number of hydrogen-bond donors (Lipinski definition) is 4. The monoisotopic (exact) mass is 228 g/mol. The number of aliphatic hydroxyl groups is 1. The fourth-order valence-electron chi connectivity index (χ4n) is 0.799. The molecule has 0 rings (SSSR count). The molecule has 0 radical (unpaired) electrons. The largest absolute Gasteiger partial charge is 0.481 e. The van der Waals surface area contributed by atoms with Gasteiger partial charge in [-0.1, -0.05) is 0 Å². The van der Waals surface area contributed by atoms with Crippen LogP contribution in [0.5, 0.6) is 0 Å². The first-order chi connectivity index (χ1) is 6.12. The van der Waals surface area contributed by atoms with E-state index in [0.717, 1.165) is 0 Å². The number of carboxylic acids is 1. The number of rotatable bonds is 6. The Morgan fingerprint density at radius 3 is 2.36 bits per heavy atom. The van der Waals surface area contributed by atoms with Gasteiger partial charge in [-0.3, -0.25) is 9.32 Å². The second-order valence-corrected chi connectivity index (χ2v) is 4.38. The Labute approximate surface area is 80.6 Å². The maximum absolute atomic E-state index is 10.2. The lowest BCUT2D eigenvalue weighted by molar-refractivity contribution is -0.142. The van der Waals surface area contributed by atoms with Crippen LogP contribution in [0.15, 0.2) is 0 Å². The van der Waals surface area contributed by atoms with Crippen LogP contribution in [0.3, 0.4) is 0 Å². The zero-order chi connectivity index (χ0) is 11.4. The lowest BCUT2D eigenvalue weighted by atomic mass is 9.99. The average molecular weight is 228 g/mol. The quantitative estimate of drug-likeness (QED) is 0.460. The first-order valence-electron chi connectivity index (χ1n) is 3.77. The van der Waals surface area contributed by atoms with E-state index in [1.807, 2.05) is 0 Å². The summed E-state index contributed by atoms with van der Waals surface area (Å²) < 4.78 is 14.3. The van der Waals surface area contributed by atoms with Crippen molar-refractivity contribution in [2.75, 3.05) is 6.61 Å². The van der Waals surface area contributed by atoms with E-state index in [4.69, 9.17) is 14.9 Å². The van der Waals surface area contributed by atoms with Gasteiger partial charge in [0.25, 0.3) is 0 Å². The van der Waals surface area contributed by atoms with Crippen molar-refractivity contribution in [2.24, 2.45) is 0 Å². The molecule has 0 aromatic carbocycles. The van der Waals surface area contributed by atoms with Gasteiger partial charge in [-0.05, 0) is 6.92 Å². The van der Waals surface area contributed by atoms with E-state index in [9.17, 15) is 14.5 Å². The van der Waals surface area contributed by atoms with E-state index < -0.39 is 32.4 Å². The van der Waals surface area contributed by atoms with Crippen LogP contribution in [0, 0.1) is 0 Å². The summed E-state index contributed by atoms with van der Waals surface area (Å²) >= 11 is 0. The second-order valence-electron chi connectivity index (χ2n) is 3.14. The third-order valence-electron chi connectivity index (χ3n) is 1.43. The summed E-state index contributed by atoms with van der Waals surface area (Å²) in [6, 6.07) is 0. The van der Waals surface area contributed by atoms with Crippen molar-refractivity contribution in [3.8, 4) is 0 Å². The number of carbonyl (C=O) groups is 1. The predicted octanol–water partition coefficient (Wildman–Crippen LogP) is -0.289. The Morgan fingerprint density at radius 1 is 1.50 bits per heavy atom. The molecule has 0 aliphatic heterocycles. The fourth-order valence-corrected chi connectivity index (χ4v) is 1.13. The molecule has 0 aliphatic rings. The van der Waals surface area contributed by atoms with E-state index in [-0.39, 0.29) is 6.42 Å². The molecule has 8 heteroatoms. The molecule has 0 saturated carbocycles. The van der Waals surface area contributed by atoms with Crippen molar-refractivity contribution in [1.29, 1.82) is 0 Å². The van der Waals surface area contributed by atoms with Crippen LogP contribution in [-0.4, -0.2) is 38.2 Å². The van der Waals surface area contributed by atoms with Crippen molar-refractivity contribution < 1.29 is 33.9 Å². The Kier molecular flexibility index (Phi) is 4.70. The summed E-state index contributed by atoms with van der Waals surface area (Å²) in [6.07, 6.45) is -0.665. The lowest BCUT2D eigenvalue weighted by Crippen LogP contribution is -2.29. The minimum absolute atomic E-state index is 0.162. The number of phosphoric acid groups is 1. The molecule has 0 amide bonds. The molecule has 7 nitrogen and oxygen atoms in total. The number of carboxylic acid groups (broad SMARTS) is 1. The summed E-state index contributed by atoms with van der Waals surface area (Å²) in [7, 11) is -4.54. The van der Waals surface area contributed by atoms with Gasteiger partial charge in [0.2, 0.25) is 0 Å². The highest BCUT2D eigenvalue weighted by Gasteiger charge is 2.25. The number of phosphoric ester groups is 1. The van der Waals surface area contributed by atoms with Gasteiger partial charge in [-0.15, -0.1) is 0 Å². The van der Waals surface area contributed by atoms with Gasteiger partial charge in [0.05, 0.1) is 18.6 Å². The topological polar surface area (TPSA) is 124 Å². The first kappa shape index (κ1) is 13.5. The Bertz CT molecular complexity index is 243. The minimum Gasteiger partial charge on any atom is -0.481 e. The van der Waals surface area contributed by atoms with Crippen molar-refractivity contribution in [3.05, 3.63) is 0 Å². The van der Waals surface area contributed by atoms with Gasteiger partial charge in [0.15, 0.2) is 0 Å². The minimum atomic E-state index is -4.54. The second kappa shape index (κ2) is 4.86. The third kappa shape index (κ3) is 8.15. The molecule has 14 heavy (non-hydrogen) atoms. The Balaban J connectivity index is 3.88. The van der Waals surface area contributed by atoms with Crippen LogP contribution < -0.4 is 0 Å². The zero-order valence-corrected chi connectivity index (χ0v) is 8.48. The highest BCUT2D eigenvalue weighted by Crippen LogP contribution is 2.36. The number of hydrogen-bond acceptors (Lipinski definition) is 4. The van der Waals surface area contributed by atoms with E-state index in [0.29, 0.717) is 0 Å². The SMILES string of the molecule is C[C@](O)(CCOP(=O)(O)O)CC(=O)O. The first-order valence-corrected chi connectivity index (χ1v) is 5.30. The Hall–Kier alpha value is -0.460. The molecule has 0 fully saturated rings. The molecular weight excluding hydrogens is 215 g/mol. The van der Waals surface area contributed by atoms with Gasteiger partial charge in [0, 0.05) is 6.42 Å². The van der Waals surface area contributed by atoms with Crippen molar-refractivity contribution in [1.82, 2.24) is 0 Å². The van der Waals surface area contributed by atoms with E-state index in [2.05, 4.69) is 4.52 Å².